The number of carbonyl (C=O) groups is 2. The van der Waals surface area contributed by atoms with Gasteiger partial charge >= 0.3 is 5.97 Å². The van der Waals surface area contributed by atoms with E-state index < -0.39 is 23.5 Å². The van der Waals surface area contributed by atoms with Gasteiger partial charge in [-0.2, -0.15) is 0 Å². The van der Waals surface area contributed by atoms with Crippen LogP contribution in [0.2, 0.25) is 0 Å². The number of hydrogen-bond donors (Lipinski definition) is 2. The molecule has 0 aliphatic heterocycles. The van der Waals surface area contributed by atoms with Crippen molar-refractivity contribution in [1.82, 2.24) is 10.3 Å². The monoisotopic (exact) mass is 266 g/mol. The molecule has 0 radical (unpaired) electrons. The number of amides is 1. The van der Waals surface area contributed by atoms with Gasteiger partial charge in [0.15, 0.2) is 0 Å². The van der Waals surface area contributed by atoms with Crippen LogP contribution >= 0.6 is 0 Å². The Morgan fingerprint density at radius 2 is 1.95 bits per heavy atom. The Morgan fingerprint density at radius 3 is 2.42 bits per heavy atom. The van der Waals surface area contributed by atoms with Crippen molar-refractivity contribution in [2.45, 2.75) is 39.3 Å². The maximum atomic E-state index is 11.8. The van der Waals surface area contributed by atoms with Crippen LogP contribution in [0, 0.1) is 0 Å². The standard InChI is InChI=1S/C13H18N2O4/c1-8(12(18)19-13(2,3)4)15-11(17)9-5-6-10(16)14-7-9/h5-8H,1-4H3,(H,14,16)(H,15,17)/t8-/m1/s1. The van der Waals surface area contributed by atoms with Crippen LogP contribution in [0.5, 0.6) is 0 Å². The molecule has 1 heterocycles. The molecule has 1 rings (SSSR count). The summed E-state index contributed by atoms with van der Waals surface area (Å²) >= 11 is 0. The number of esters is 1. The Hall–Kier alpha value is -2.11. The first-order chi connectivity index (χ1) is 8.69. The molecule has 0 spiro atoms. The molecule has 19 heavy (non-hydrogen) atoms. The molecule has 1 aromatic rings. The fraction of sp³-hybridized carbons (Fsp3) is 0.462. The third-order valence-corrected chi connectivity index (χ3v) is 2.15. The summed E-state index contributed by atoms with van der Waals surface area (Å²) in [6.45, 7) is 6.79. The highest BCUT2D eigenvalue weighted by Gasteiger charge is 2.23. The second kappa shape index (κ2) is 5.69. The minimum atomic E-state index is -0.765. The number of H-pyrrole nitrogens is 1. The summed E-state index contributed by atoms with van der Waals surface area (Å²) in [5, 5.41) is 2.50. The van der Waals surface area contributed by atoms with Crippen LogP contribution in [0.1, 0.15) is 38.1 Å². The van der Waals surface area contributed by atoms with Crippen LogP contribution in [0.15, 0.2) is 23.1 Å². The zero-order chi connectivity index (χ0) is 14.6. The molecular formula is C13H18N2O4. The Kier molecular flexibility index (Phi) is 4.47. The first-order valence-electron chi connectivity index (χ1n) is 5.91. The fourth-order valence-electron chi connectivity index (χ4n) is 1.28. The van der Waals surface area contributed by atoms with Gasteiger partial charge in [-0.05, 0) is 33.8 Å². The van der Waals surface area contributed by atoms with Gasteiger partial charge in [0.1, 0.15) is 11.6 Å². The number of aromatic nitrogens is 1. The number of carbonyl (C=O) groups excluding carboxylic acids is 2. The summed E-state index contributed by atoms with van der Waals surface area (Å²) in [5.41, 5.74) is -0.625. The SMILES string of the molecule is C[C@@H](NC(=O)c1ccc(=O)[nH]c1)C(=O)OC(C)(C)C. The van der Waals surface area contributed by atoms with Gasteiger partial charge in [-0.1, -0.05) is 0 Å². The Morgan fingerprint density at radius 1 is 1.32 bits per heavy atom. The maximum absolute atomic E-state index is 11.8. The molecule has 1 atom stereocenters. The van der Waals surface area contributed by atoms with Gasteiger partial charge in [0.05, 0.1) is 5.56 Å². The van der Waals surface area contributed by atoms with Gasteiger partial charge in [-0.3, -0.25) is 9.59 Å². The predicted octanol–water partition coefficient (Wildman–Crippen LogP) is 0.835. The highest BCUT2D eigenvalue weighted by molar-refractivity contribution is 5.96. The van der Waals surface area contributed by atoms with Gasteiger partial charge < -0.3 is 15.0 Å². The zero-order valence-corrected chi connectivity index (χ0v) is 11.4. The van der Waals surface area contributed by atoms with Crippen molar-refractivity contribution < 1.29 is 14.3 Å². The van der Waals surface area contributed by atoms with Crippen molar-refractivity contribution in [3.05, 3.63) is 34.2 Å². The number of hydrogen-bond acceptors (Lipinski definition) is 4. The van der Waals surface area contributed by atoms with Crippen molar-refractivity contribution in [3.8, 4) is 0 Å². The number of aromatic amines is 1. The number of pyridine rings is 1. The molecule has 1 amide bonds. The molecular weight excluding hydrogens is 248 g/mol. The van der Waals surface area contributed by atoms with Gasteiger partial charge in [0, 0.05) is 12.3 Å². The lowest BCUT2D eigenvalue weighted by molar-refractivity contribution is -0.156. The average molecular weight is 266 g/mol. The summed E-state index contributed by atoms with van der Waals surface area (Å²) in [5.74, 6) is -0.958. The van der Waals surface area contributed by atoms with Gasteiger partial charge in [0.25, 0.3) is 5.91 Å². The lowest BCUT2D eigenvalue weighted by Crippen LogP contribution is -2.42. The van der Waals surface area contributed by atoms with Crippen LogP contribution in [0.4, 0.5) is 0 Å². The molecule has 6 heteroatoms. The summed E-state index contributed by atoms with van der Waals surface area (Å²) < 4.78 is 5.14. The lowest BCUT2D eigenvalue weighted by Gasteiger charge is -2.22. The second-order valence-electron chi connectivity index (χ2n) is 5.17. The maximum Gasteiger partial charge on any atom is 0.328 e. The number of rotatable bonds is 3. The van der Waals surface area contributed by atoms with Crippen molar-refractivity contribution >= 4 is 11.9 Å². The molecule has 0 aliphatic rings. The second-order valence-corrected chi connectivity index (χ2v) is 5.17. The van der Waals surface area contributed by atoms with E-state index >= 15 is 0 Å². The van der Waals surface area contributed by atoms with E-state index in [4.69, 9.17) is 4.74 Å². The van der Waals surface area contributed by atoms with E-state index in [0.717, 1.165) is 0 Å². The van der Waals surface area contributed by atoms with Crippen molar-refractivity contribution in [3.63, 3.8) is 0 Å². The predicted molar refractivity (Wildman–Crippen MR) is 69.8 cm³/mol. The molecule has 6 nitrogen and oxygen atoms in total. The van der Waals surface area contributed by atoms with E-state index in [1.54, 1.807) is 20.8 Å². The highest BCUT2D eigenvalue weighted by Crippen LogP contribution is 2.08. The van der Waals surface area contributed by atoms with Crippen LogP contribution < -0.4 is 10.9 Å². The van der Waals surface area contributed by atoms with Crippen LogP contribution in [-0.4, -0.2) is 28.5 Å². The van der Waals surface area contributed by atoms with Crippen LogP contribution in [0.3, 0.4) is 0 Å². The summed E-state index contributed by atoms with van der Waals surface area (Å²) in [4.78, 5) is 36.7. The third kappa shape index (κ3) is 4.95. The largest absolute Gasteiger partial charge is 0.458 e. The summed E-state index contributed by atoms with van der Waals surface area (Å²) in [6, 6.07) is 1.86. The Labute approximate surface area is 111 Å². The Balaban J connectivity index is 2.64. The minimum absolute atomic E-state index is 0.273. The van der Waals surface area contributed by atoms with E-state index in [2.05, 4.69) is 10.3 Å². The average Bonchev–Trinajstić information content (AvgIpc) is 2.27. The van der Waals surface area contributed by atoms with Gasteiger partial charge in [-0.15, -0.1) is 0 Å². The quantitative estimate of drug-likeness (QED) is 0.793. The molecule has 104 valence electrons. The van der Waals surface area contributed by atoms with E-state index in [1.807, 2.05) is 0 Å². The molecule has 2 N–H and O–H groups in total. The fourth-order valence-corrected chi connectivity index (χ4v) is 1.28. The summed E-state index contributed by atoms with van der Waals surface area (Å²) in [7, 11) is 0. The number of nitrogens with one attached hydrogen (secondary N) is 2. The molecule has 0 unspecified atom stereocenters. The zero-order valence-electron chi connectivity index (χ0n) is 11.4. The molecule has 0 bridgehead atoms. The molecule has 0 saturated carbocycles. The van der Waals surface area contributed by atoms with Gasteiger partial charge in [0.2, 0.25) is 5.56 Å². The first-order valence-corrected chi connectivity index (χ1v) is 5.91. The van der Waals surface area contributed by atoms with E-state index in [-0.39, 0.29) is 11.1 Å². The topological polar surface area (TPSA) is 88.3 Å². The summed E-state index contributed by atoms with van der Waals surface area (Å²) in [6.07, 6.45) is 1.29. The van der Waals surface area contributed by atoms with Crippen molar-refractivity contribution in [2.75, 3.05) is 0 Å². The van der Waals surface area contributed by atoms with E-state index in [9.17, 15) is 14.4 Å². The molecule has 0 fully saturated rings. The van der Waals surface area contributed by atoms with Crippen molar-refractivity contribution in [1.29, 1.82) is 0 Å². The van der Waals surface area contributed by atoms with E-state index in [1.165, 1.54) is 25.3 Å². The Bertz CT molecular complexity index is 508. The third-order valence-electron chi connectivity index (χ3n) is 2.15. The van der Waals surface area contributed by atoms with Crippen LogP contribution in [0.25, 0.3) is 0 Å². The van der Waals surface area contributed by atoms with Gasteiger partial charge in [-0.25, -0.2) is 4.79 Å². The van der Waals surface area contributed by atoms with Crippen LogP contribution in [-0.2, 0) is 9.53 Å². The number of ether oxygens (including phenoxy) is 1. The van der Waals surface area contributed by atoms with E-state index in [0.29, 0.717) is 0 Å². The first kappa shape index (κ1) is 14.9. The molecule has 1 aromatic heterocycles. The normalized spacial score (nSPS) is 12.6. The molecule has 0 aliphatic carbocycles. The molecule has 0 aromatic carbocycles. The highest BCUT2D eigenvalue weighted by atomic mass is 16.6. The minimum Gasteiger partial charge on any atom is -0.458 e. The smallest absolute Gasteiger partial charge is 0.328 e. The van der Waals surface area contributed by atoms with Crippen molar-refractivity contribution in [2.24, 2.45) is 0 Å². The lowest BCUT2D eigenvalue weighted by atomic mass is 10.2. The molecule has 0 saturated heterocycles.